The molecule has 2 aliphatic rings. The average molecular weight is 296 g/mol. The van der Waals surface area contributed by atoms with Crippen molar-refractivity contribution in [3.8, 4) is 0 Å². The van der Waals surface area contributed by atoms with Crippen LogP contribution in [-0.4, -0.2) is 42.1 Å². The van der Waals surface area contributed by atoms with E-state index in [-0.39, 0.29) is 12.8 Å². The number of aromatic nitrogens is 2. The first-order valence-electron chi connectivity index (χ1n) is 7.74. The number of rotatable bonds is 1. The van der Waals surface area contributed by atoms with Gasteiger partial charge in [-0.25, -0.2) is 13.8 Å². The van der Waals surface area contributed by atoms with Gasteiger partial charge in [0.1, 0.15) is 5.82 Å². The van der Waals surface area contributed by atoms with Crippen molar-refractivity contribution in [2.75, 3.05) is 31.1 Å². The van der Waals surface area contributed by atoms with Crippen molar-refractivity contribution in [2.45, 2.75) is 44.4 Å². The standard InChI is InChI=1S/C15H22F2N4/c1-11-9-18-6-3-12-14(11)19-10-13(20-12)21-7-2-4-15(16,17)5-8-21/h10-11,18H,2-9H2,1H3/t11-/m0/s1. The maximum absolute atomic E-state index is 13.5. The van der Waals surface area contributed by atoms with Crippen molar-refractivity contribution in [1.29, 1.82) is 0 Å². The number of nitrogens with one attached hydrogen (secondary N) is 1. The molecule has 21 heavy (non-hydrogen) atoms. The minimum Gasteiger partial charge on any atom is -0.355 e. The molecule has 116 valence electrons. The first kappa shape index (κ1) is 14.6. The average Bonchev–Trinajstić information content (AvgIpc) is 2.74. The van der Waals surface area contributed by atoms with E-state index in [2.05, 4.69) is 17.2 Å². The molecule has 3 rings (SSSR count). The molecule has 0 aliphatic carbocycles. The van der Waals surface area contributed by atoms with E-state index in [0.29, 0.717) is 25.4 Å². The van der Waals surface area contributed by atoms with E-state index in [1.165, 1.54) is 0 Å². The summed E-state index contributed by atoms with van der Waals surface area (Å²) in [5.74, 6) is -1.44. The lowest BCUT2D eigenvalue weighted by Gasteiger charge is -2.22. The number of hydrogen-bond donors (Lipinski definition) is 1. The number of halogens is 2. The highest BCUT2D eigenvalue weighted by molar-refractivity contribution is 5.39. The molecule has 2 aliphatic heterocycles. The molecule has 1 aromatic rings. The van der Waals surface area contributed by atoms with Crippen LogP contribution in [0.25, 0.3) is 0 Å². The molecule has 1 N–H and O–H groups in total. The molecular weight excluding hydrogens is 274 g/mol. The minimum atomic E-state index is -2.54. The molecular formula is C15H22F2N4. The van der Waals surface area contributed by atoms with Crippen molar-refractivity contribution in [2.24, 2.45) is 0 Å². The van der Waals surface area contributed by atoms with E-state index in [9.17, 15) is 8.78 Å². The highest BCUT2D eigenvalue weighted by Gasteiger charge is 2.32. The van der Waals surface area contributed by atoms with Crippen LogP contribution in [0.5, 0.6) is 0 Å². The Morgan fingerprint density at radius 1 is 1.33 bits per heavy atom. The SMILES string of the molecule is C[C@H]1CNCCc2nc(N3CCCC(F)(F)CC3)cnc21. The van der Waals surface area contributed by atoms with Gasteiger partial charge in [-0.1, -0.05) is 6.92 Å². The van der Waals surface area contributed by atoms with E-state index in [0.717, 1.165) is 36.7 Å². The Balaban J connectivity index is 1.81. The number of anilines is 1. The third-order valence-corrected chi connectivity index (χ3v) is 4.36. The summed E-state index contributed by atoms with van der Waals surface area (Å²) in [5.41, 5.74) is 2.06. The number of fused-ring (bicyclic) bond motifs is 1. The normalized spacial score (nSPS) is 25.9. The fourth-order valence-corrected chi connectivity index (χ4v) is 3.09. The Kier molecular flexibility index (Phi) is 4.06. The second-order valence-electron chi connectivity index (χ2n) is 6.11. The van der Waals surface area contributed by atoms with Crippen molar-refractivity contribution < 1.29 is 8.78 Å². The van der Waals surface area contributed by atoms with E-state index in [1.807, 2.05) is 4.90 Å². The van der Waals surface area contributed by atoms with Gasteiger partial charge >= 0.3 is 0 Å². The monoisotopic (exact) mass is 296 g/mol. The van der Waals surface area contributed by atoms with E-state index in [1.54, 1.807) is 6.20 Å². The van der Waals surface area contributed by atoms with Crippen molar-refractivity contribution in [1.82, 2.24) is 15.3 Å². The lowest BCUT2D eigenvalue weighted by atomic mass is 10.1. The smallest absolute Gasteiger partial charge is 0.249 e. The van der Waals surface area contributed by atoms with Crippen LogP contribution in [0.2, 0.25) is 0 Å². The van der Waals surface area contributed by atoms with Crippen LogP contribution in [0.15, 0.2) is 6.20 Å². The van der Waals surface area contributed by atoms with Crippen LogP contribution in [0.1, 0.15) is 43.5 Å². The Morgan fingerprint density at radius 2 is 2.19 bits per heavy atom. The predicted molar refractivity (Wildman–Crippen MR) is 78.0 cm³/mol. The molecule has 0 saturated carbocycles. The van der Waals surface area contributed by atoms with Gasteiger partial charge in [-0.05, 0) is 6.42 Å². The Morgan fingerprint density at radius 3 is 3.05 bits per heavy atom. The topological polar surface area (TPSA) is 41.1 Å². The van der Waals surface area contributed by atoms with Crippen LogP contribution in [0.4, 0.5) is 14.6 Å². The fraction of sp³-hybridized carbons (Fsp3) is 0.733. The van der Waals surface area contributed by atoms with Gasteiger partial charge in [0.15, 0.2) is 0 Å². The van der Waals surface area contributed by atoms with Gasteiger partial charge in [0.05, 0.1) is 17.6 Å². The first-order valence-corrected chi connectivity index (χ1v) is 7.74. The van der Waals surface area contributed by atoms with Crippen molar-refractivity contribution in [3.63, 3.8) is 0 Å². The molecule has 0 spiro atoms. The predicted octanol–water partition coefficient (Wildman–Crippen LogP) is 2.35. The van der Waals surface area contributed by atoms with Gasteiger partial charge in [-0.2, -0.15) is 0 Å². The maximum atomic E-state index is 13.5. The van der Waals surface area contributed by atoms with Crippen LogP contribution >= 0.6 is 0 Å². The summed E-state index contributed by atoms with van der Waals surface area (Å²) >= 11 is 0. The molecule has 1 saturated heterocycles. The maximum Gasteiger partial charge on any atom is 0.249 e. The van der Waals surface area contributed by atoms with Crippen molar-refractivity contribution >= 4 is 5.82 Å². The van der Waals surface area contributed by atoms with Gasteiger partial charge in [0.2, 0.25) is 5.92 Å². The molecule has 1 fully saturated rings. The Hall–Kier alpha value is -1.30. The Labute approximate surface area is 124 Å². The zero-order valence-electron chi connectivity index (χ0n) is 12.4. The van der Waals surface area contributed by atoms with Gasteiger partial charge in [0.25, 0.3) is 0 Å². The van der Waals surface area contributed by atoms with Crippen molar-refractivity contribution in [3.05, 3.63) is 17.6 Å². The molecule has 0 amide bonds. The van der Waals surface area contributed by atoms with Crippen LogP contribution in [-0.2, 0) is 6.42 Å². The van der Waals surface area contributed by atoms with Gasteiger partial charge in [-0.3, -0.25) is 4.98 Å². The lowest BCUT2D eigenvalue weighted by molar-refractivity contribution is -0.0102. The Bertz CT molecular complexity index is 506. The molecule has 0 bridgehead atoms. The van der Waals surface area contributed by atoms with Gasteiger partial charge < -0.3 is 10.2 Å². The first-order chi connectivity index (χ1) is 10.1. The van der Waals surface area contributed by atoms with E-state index < -0.39 is 5.92 Å². The summed E-state index contributed by atoms with van der Waals surface area (Å²) in [6, 6.07) is 0. The third kappa shape index (κ3) is 3.31. The largest absolute Gasteiger partial charge is 0.355 e. The van der Waals surface area contributed by atoms with Crippen LogP contribution < -0.4 is 10.2 Å². The quantitative estimate of drug-likeness (QED) is 0.864. The van der Waals surface area contributed by atoms with Gasteiger partial charge in [0, 0.05) is 51.4 Å². The highest BCUT2D eigenvalue weighted by atomic mass is 19.3. The summed E-state index contributed by atoms with van der Waals surface area (Å²) in [7, 11) is 0. The molecule has 3 heterocycles. The number of hydrogen-bond acceptors (Lipinski definition) is 4. The summed E-state index contributed by atoms with van der Waals surface area (Å²) in [6.07, 6.45) is 2.99. The third-order valence-electron chi connectivity index (χ3n) is 4.36. The summed E-state index contributed by atoms with van der Waals surface area (Å²) < 4.78 is 26.9. The zero-order chi connectivity index (χ0) is 14.9. The van der Waals surface area contributed by atoms with E-state index >= 15 is 0 Å². The zero-order valence-corrected chi connectivity index (χ0v) is 12.4. The molecule has 1 aromatic heterocycles. The van der Waals surface area contributed by atoms with Gasteiger partial charge in [-0.15, -0.1) is 0 Å². The summed E-state index contributed by atoms with van der Waals surface area (Å²) in [4.78, 5) is 11.2. The molecule has 6 heteroatoms. The molecule has 4 nitrogen and oxygen atoms in total. The lowest BCUT2D eigenvalue weighted by Crippen LogP contribution is -2.27. The second kappa shape index (κ2) is 5.83. The number of nitrogens with zero attached hydrogens (tertiary/aromatic N) is 3. The summed E-state index contributed by atoms with van der Waals surface area (Å²) in [6.45, 7) is 4.94. The fourth-order valence-electron chi connectivity index (χ4n) is 3.09. The van der Waals surface area contributed by atoms with Crippen LogP contribution in [0.3, 0.4) is 0 Å². The highest BCUT2D eigenvalue weighted by Crippen LogP contribution is 2.30. The van der Waals surface area contributed by atoms with Crippen LogP contribution in [0, 0.1) is 0 Å². The summed E-state index contributed by atoms with van der Waals surface area (Å²) in [5, 5.41) is 3.37. The molecule has 1 atom stereocenters. The van der Waals surface area contributed by atoms with E-state index in [4.69, 9.17) is 4.98 Å². The molecule has 0 aromatic carbocycles. The molecule has 0 radical (unpaired) electrons. The number of alkyl halides is 2. The second-order valence-corrected chi connectivity index (χ2v) is 6.11. The molecule has 0 unspecified atom stereocenters. The minimum absolute atomic E-state index is 0.0250.